The Balaban J connectivity index is 2.25. The summed E-state index contributed by atoms with van der Waals surface area (Å²) >= 11 is 0. The zero-order valence-electron chi connectivity index (χ0n) is 10.7. The van der Waals surface area contributed by atoms with E-state index in [1.54, 1.807) is 11.7 Å². The topological polar surface area (TPSA) is 92.9 Å². The third-order valence-electron chi connectivity index (χ3n) is 2.79. The maximum Gasteiger partial charge on any atom is 0.326 e. The number of aliphatic carboxylic acids is 1. The van der Waals surface area contributed by atoms with Gasteiger partial charge in [-0.05, 0) is 29.0 Å². The Morgan fingerprint density at radius 3 is 2.89 bits per heavy atom. The van der Waals surface area contributed by atoms with Gasteiger partial charge in [-0.2, -0.15) is 0 Å². The van der Waals surface area contributed by atoms with Gasteiger partial charge in [-0.25, -0.2) is 9.48 Å². The van der Waals surface area contributed by atoms with Crippen LogP contribution in [0.15, 0.2) is 24.3 Å². The van der Waals surface area contributed by atoms with Crippen molar-refractivity contribution in [3.8, 4) is 11.4 Å². The first-order chi connectivity index (χ1) is 9.11. The molecule has 0 aliphatic rings. The molecular weight excluding hydrogens is 246 g/mol. The summed E-state index contributed by atoms with van der Waals surface area (Å²) in [4.78, 5) is 11.0. The predicted octanol–water partition coefficient (Wildman–Crippen LogP) is 1.15. The highest BCUT2D eigenvalue weighted by molar-refractivity contribution is 5.77. The van der Waals surface area contributed by atoms with Crippen molar-refractivity contribution >= 4 is 11.7 Å². The molecule has 0 saturated heterocycles. The highest BCUT2D eigenvalue weighted by atomic mass is 16.4. The third kappa shape index (κ3) is 2.87. The molecule has 1 unspecified atom stereocenters. The van der Waals surface area contributed by atoms with Gasteiger partial charge in [-0.1, -0.05) is 19.1 Å². The number of rotatable bonds is 5. The third-order valence-corrected chi connectivity index (χ3v) is 2.79. The summed E-state index contributed by atoms with van der Waals surface area (Å²) in [7, 11) is 1.75. The fourth-order valence-electron chi connectivity index (χ4n) is 1.76. The summed E-state index contributed by atoms with van der Waals surface area (Å²) in [6.07, 6.45) is 0.505. The van der Waals surface area contributed by atoms with Gasteiger partial charge < -0.3 is 10.4 Å². The molecule has 19 heavy (non-hydrogen) atoms. The molecular formula is C12H15N5O2. The van der Waals surface area contributed by atoms with Gasteiger partial charge in [0.15, 0.2) is 5.82 Å². The summed E-state index contributed by atoms with van der Waals surface area (Å²) in [6.45, 7) is 1.82. The minimum absolute atomic E-state index is 0.505. The summed E-state index contributed by atoms with van der Waals surface area (Å²) in [5.74, 6) is -0.236. The van der Waals surface area contributed by atoms with Crippen LogP contribution in [0.5, 0.6) is 0 Å². The smallest absolute Gasteiger partial charge is 0.326 e. The number of carboxylic acids is 1. The molecule has 0 spiro atoms. The van der Waals surface area contributed by atoms with E-state index in [9.17, 15) is 4.79 Å². The van der Waals surface area contributed by atoms with Crippen molar-refractivity contribution in [3.63, 3.8) is 0 Å². The highest BCUT2D eigenvalue weighted by Gasteiger charge is 2.15. The lowest BCUT2D eigenvalue weighted by Gasteiger charge is -2.14. The molecule has 2 aromatic rings. The van der Waals surface area contributed by atoms with Crippen LogP contribution in [0.1, 0.15) is 13.3 Å². The molecule has 1 heterocycles. The summed E-state index contributed by atoms with van der Waals surface area (Å²) in [5, 5.41) is 23.3. The second kappa shape index (κ2) is 5.47. The van der Waals surface area contributed by atoms with Crippen molar-refractivity contribution in [1.82, 2.24) is 20.2 Å². The molecule has 0 aliphatic heterocycles. The first-order valence-electron chi connectivity index (χ1n) is 5.94. The van der Waals surface area contributed by atoms with Crippen LogP contribution in [0.2, 0.25) is 0 Å². The zero-order valence-corrected chi connectivity index (χ0v) is 10.7. The van der Waals surface area contributed by atoms with Gasteiger partial charge in [0.25, 0.3) is 0 Å². The quantitative estimate of drug-likeness (QED) is 0.838. The molecule has 0 fully saturated rings. The number of nitrogens with zero attached hydrogens (tertiary/aromatic N) is 4. The second-order valence-electron chi connectivity index (χ2n) is 4.15. The fraction of sp³-hybridized carbons (Fsp3) is 0.333. The van der Waals surface area contributed by atoms with Gasteiger partial charge in [-0.15, -0.1) is 5.10 Å². The number of benzene rings is 1. The molecule has 1 aromatic carbocycles. The molecule has 2 N–H and O–H groups in total. The Bertz CT molecular complexity index is 581. The monoisotopic (exact) mass is 261 g/mol. The molecule has 0 radical (unpaired) electrons. The number of carbonyl (C=O) groups is 1. The van der Waals surface area contributed by atoms with Gasteiger partial charge in [-0.3, -0.25) is 0 Å². The Labute approximate surface area is 110 Å². The number of tetrazole rings is 1. The molecule has 2 rings (SSSR count). The normalized spacial score (nSPS) is 12.1. The minimum Gasteiger partial charge on any atom is -0.480 e. The standard InChI is InChI=1S/C12H15N5O2/c1-3-10(12(18)19)13-9-6-4-5-8(7-9)11-14-15-16-17(11)2/h4-7,10,13H,3H2,1-2H3,(H,18,19). The summed E-state index contributed by atoms with van der Waals surface area (Å²) in [6, 6.07) is 6.75. The molecule has 0 amide bonds. The SMILES string of the molecule is CCC(Nc1cccc(-c2nnnn2C)c1)C(=O)O. The molecule has 1 aromatic heterocycles. The molecule has 7 heteroatoms. The molecule has 0 saturated carbocycles. The van der Waals surface area contributed by atoms with Crippen LogP contribution in [-0.4, -0.2) is 37.3 Å². The lowest BCUT2D eigenvalue weighted by molar-refractivity contribution is -0.137. The van der Waals surface area contributed by atoms with E-state index in [2.05, 4.69) is 20.8 Å². The number of hydrogen-bond donors (Lipinski definition) is 2. The number of carboxylic acid groups (broad SMARTS) is 1. The van der Waals surface area contributed by atoms with Crippen LogP contribution < -0.4 is 5.32 Å². The van der Waals surface area contributed by atoms with Gasteiger partial charge in [0.1, 0.15) is 6.04 Å². The Hall–Kier alpha value is -2.44. The average Bonchev–Trinajstić information content (AvgIpc) is 2.82. The van der Waals surface area contributed by atoms with Crippen LogP contribution in [0.3, 0.4) is 0 Å². The lowest BCUT2D eigenvalue weighted by atomic mass is 10.1. The first-order valence-corrected chi connectivity index (χ1v) is 5.94. The van der Waals surface area contributed by atoms with Gasteiger partial charge in [0.2, 0.25) is 0 Å². The van der Waals surface area contributed by atoms with E-state index in [1.165, 1.54) is 0 Å². The van der Waals surface area contributed by atoms with Crippen molar-refractivity contribution in [2.45, 2.75) is 19.4 Å². The average molecular weight is 261 g/mol. The Kier molecular flexibility index (Phi) is 3.74. The lowest BCUT2D eigenvalue weighted by Crippen LogP contribution is -2.28. The van der Waals surface area contributed by atoms with E-state index in [1.807, 2.05) is 31.2 Å². The maximum atomic E-state index is 11.0. The van der Waals surface area contributed by atoms with E-state index < -0.39 is 12.0 Å². The number of aryl methyl sites for hydroxylation is 1. The second-order valence-corrected chi connectivity index (χ2v) is 4.15. The van der Waals surface area contributed by atoms with Crippen LogP contribution in [-0.2, 0) is 11.8 Å². The van der Waals surface area contributed by atoms with Crippen molar-refractivity contribution in [2.75, 3.05) is 5.32 Å². The largest absolute Gasteiger partial charge is 0.480 e. The Morgan fingerprint density at radius 1 is 1.53 bits per heavy atom. The highest BCUT2D eigenvalue weighted by Crippen LogP contribution is 2.20. The number of nitrogens with one attached hydrogen (secondary N) is 1. The van der Waals surface area contributed by atoms with Crippen molar-refractivity contribution in [2.24, 2.45) is 7.05 Å². The Morgan fingerprint density at radius 2 is 2.32 bits per heavy atom. The van der Waals surface area contributed by atoms with E-state index >= 15 is 0 Å². The van der Waals surface area contributed by atoms with Crippen LogP contribution in [0.4, 0.5) is 5.69 Å². The van der Waals surface area contributed by atoms with Gasteiger partial charge in [0.05, 0.1) is 0 Å². The van der Waals surface area contributed by atoms with Crippen LogP contribution in [0, 0.1) is 0 Å². The van der Waals surface area contributed by atoms with E-state index in [-0.39, 0.29) is 0 Å². The predicted molar refractivity (Wildman–Crippen MR) is 69.6 cm³/mol. The molecule has 100 valence electrons. The van der Waals surface area contributed by atoms with Crippen LogP contribution in [0.25, 0.3) is 11.4 Å². The van der Waals surface area contributed by atoms with Gasteiger partial charge >= 0.3 is 5.97 Å². The summed E-state index contributed by atoms with van der Waals surface area (Å²) < 4.78 is 1.56. The van der Waals surface area contributed by atoms with Crippen molar-refractivity contribution < 1.29 is 9.90 Å². The number of hydrogen-bond acceptors (Lipinski definition) is 5. The maximum absolute atomic E-state index is 11.0. The summed E-state index contributed by atoms with van der Waals surface area (Å²) in [5.41, 5.74) is 1.56. The molecule has 0 aliphatic carbocycles. The molecule has 7 nitrogen and oxygen atoms in total. The van der Waals surface area contributed by atoms with Crippen molar-refractivity contribution in [1.29, 1.82) is 0 Å². The minimum atomic E-state index is -0.867. The van der Waals surface area contributed by atoms with Crippen molar-refractivity contribution in [3.05, 3.63) is 24.3 Å². The van der Waals surface area contributed by atoms with Gasteiger partial charge in [0, 0.05) is 18.3 Å². The van der Waals surface area contributed by atoms with E-state index in [0.29, 0.717) is 12.2 Å². The van der Waals surface area contributed by atoms with E-state index in [4.69, 9.17) is 5.11 Å². The fourth-order valence-corrected chi connectivity index (χ4v) is 1.76. The van der Waals surface area contributed by atoms with E-state index in [0.717, 1.165) is 11.3 Å². The molecule has 1 atom stereocenters. The molecule has 0 bridgehead atoms. The number of aromatic nitrogens is 4. The van der Waals surface area contributed by atoms with Crippen LogP contribution >= 0.6 is 0 Å². The first kappa shape index (κ1) is 13.0. The number of anilines is 1. The zero-order chi connectivity index (χ0) is 13.8.